The molecule has 180 valence electrons. The number of nitrogens with zero attached hydrogens (tertiary/aromatic N) is 2. The first-order chi connectivity index (χ1) is 16.6. The molecule has 7 nitrogen and oxygen atoms in total. The van der Waals surface area contributed by atoms with Gasteiger partial charge < -0.3 is 14.4 Å². The van der Waals surface area contributed by atoms with Gasteiger partial charge in [0.15, 0.2) is 0 Å². The molecule has 1 aliphatic heterocycles. The van der Waals surface area contributed by atoms with Crippen molar-refractivity contribution in [3.8, 4) is 11.4 Å². The van der Waals surface area contributed by atoms with E-state index < -0.39 is 23.7 Å². The molecule has 0 saturated carbocycles. The Morgan fingerprint density at radius 1 is 1.09 bits per heavy atom. The summed E-state index contributed by atoms with van der Waals surface area (Å²) in [6, 6.07) is 14.7. The van der Waals surface area contributed by atoms with E-state index in [-0.39, 0.29) is 4.91 Å². The smallest absolute Gasteiger partial charge is 0.323 e. The monoisotopic (exact) mass is 530 g/mol. The van der Waals surface area contributed by atoms with Gasteiger partial charge in [0.05, 0.1) is 4.91 Å². The largest absolute Gasteiger partial charge is 0.489 e. The maximum atomic E-state index is 12.5. The minimum absolute atomic E-state index is 0.195. The van der Waals surface area contributed by atoms with Crippen LogP contribution in [0, 0.1) is 13.8 Å². The van der Waals surface area contributed by atoms with Gasteiger partial charge in [-0.15, -0.1) is 0 Å². The van der Waals surface area contributed by atoms with Gasteiger partial charge in [-0.1, -0.05) is 29.3 Å². The fraction of sp³-hybridized carbons (Fsp3) is 0.160. The lowest BCUT2D eigenvalue weighted by atomic mass is 10.2. The number of carboxylic acid groups (broad SMARTS) is 1. The molecule has 1 saturated heterocycles. The molecule has 2 heterocycles. The molecule has 1 aliphatic rings. The van der Waals surface area contributed by atoms with Gasteiger partial charge >= 0.3 is 5.97 Å². The van der Waals surface area contributed by atoms with Crippen molar-refractivity contribution in [1.82, 2.24) is 9.47 Å². The third-order valence-electron chi connectivity index (χ3n) is 5.43. The van der Waals surface area contributed by atoms with Gasteiger partial charge in [0, 0.05) is 32.7 Å². The Bertz CT molecular complexity index is 1360. The summed E-state index contributed by atoms with van der Waals surface area (Å²) in [6.45, 7) is 3.50. The van der Waals surface area contributed by atoms with Crippen LogP contribution in [0.4, 0.5) is 4.79 Å². The van der Waals surface area contributed by atoms with E-state index in [0.29, 0.717) is 22.4 Å². The highest BCUT2D eigenvalue weighted by atomic mass is 35.5. The number of aromatic nitrogens is 1. The Morgan fingerprint density at radius 3 is 2.46 bits per heavy atom. The molecular formula is C25H20Cl2N2O5S. The van der Waals surface area contributed by atoms with Crippen LogP contribution in [-0.2, 0) is 16.2 Å². The second kappa shape index (κ2) is 10.2. The quantitative estimate of drug-likeness (QED) is 0.371. The predicted octanol–water partition coefficient (Wildman–Crippen LogP) is 6.10. The van der Waals surface area contributed by atoms with E-state index in [1.807, 2.05) is 54.8 Å². The van der Waals surface area contributed by atoms with E-state index in [9.17, 15) is 14.4 Å². The molecule has 1 aromatic heterocycles. The number of imide groups is 1. The Labute approximate surface area is 215 Å². The molecule has 2 amide bonds. The molecule has 10 heteroatoms. The number of carbonyl (C=O) groups is 3. The SMILES string of the molecule is Cc1cc(C=C2SC(=O)N(CC(=O)O)C2=O)c(C)n1-c1ccc(OCc2ccc(Cl)cc2Cl)cc1. The summed E-state index contributed by atoms with van der Waals surface area (Å²) >= 11 is 12.9. The van der Waals surface area contributed by atoms with Crippen LogP contribution in [0.3, 0.4) is 0 Å². The van der Waals surface area contributed by atoms with Gasteiger partial charge in [-0.3, -0.25) is 19.3 Å². The average molecular weight is 531 g/mol. The highest BCUT2D eigenvalue weighted by molar-refractivity contribution is 8.18. The number of hydrogen-bond donors (Lipinski definition) is 1. The third-order valence-corrected chi connectivity index (χ3v) is 6.92. The number of ether oxygens (including phenoxy) is 1. The number of thioether (sulfide) groups is 1. The molecule has 2 aromatic carbocycles. The molecule has 1 N–H and O–H groups in total. The zero-order chi connectivity index (χ0) is 25.3. The number of hydrogen-bond acceptors (Lipinski definition) is 5. The Kier molecular flexibility index (Phi) is 7.25. The fourth-order valence-electron chi connectivity index (χ4n) is 3.74. The van der Waals surface area contributed by atoms with E-state index in [4.69, 9.17) is 33.0 Å². The standard InChI is InChI=1S/C25H20Cl2N2O5S/c1-14-9-17(10-22-24(32)28(12-23(30)31)25(33)35-22)15(2)29(14)19-5-7-20(8-6-19)34-13-16-3-4-18(26)11-21(16)27/h3-11H,12-13H2,1-2H3,(H,30,31). The average Bonchev–Trinajstić information content (AvgIpc) is 3.22. The van der Waals surface area contributed by atoms with Crippen LogP contribution in [-0.4, -0.2) is 38.2 Å². The first-order valence-corrected chi connectivity index (χ1v) is 12.0. The number of aliphatic carboxylic acids is 1. The Hall–Kier alpha value is -3.20. The van der Waals surface area contributed by atoms with Crippen molar-refractivity contribution in [2.45, 2.75) is 20.5 Å². The zero-order valence-corrected chi connectivity index (χ0v) is 21.1. The van der Waals surface area contributed by atoms with Crippen molar-refractivity contribution >= 4 is 58.2 Å². The Morgan fingerprint density at radius 2 is 1.80 bits per heavy atom. The predicted molar refractivity (Wildman–Crippen MR) is 136 cm³/mol. The van der Waals surface area contributed by atoms with Crippen molar-refractivity contribution in [3.05, 3.63) is 86.0 Å². The molecule has 1 fully saturated rings. The van der Waals surface area contributed by atoms with Crippen LogP contribution in [0.2, 0.25) is 10.0 Å². The highest BCUT2D eigenvalue weighted by Gasteiger charge is 2.36. The molecule has 0 radical (unpaired) electrons. The number of halogens is 2. The summed E-state index contributed by atoms with van der Waals surface area (Å²) in [5, 5.41) is 9.45. The molecule has 0 spiro atoms. The molecule has 4 rings (SSSR count). The minimum atomic E-state index is -1.24. The van der Waals surface area contributed by atoms with Crippen LogP contribution >= 0.6 is 35.0 Å². The topological polar surface area (TPSA) is 88.8 Å². The van der Waals surface area contributed by atoms with Crippen LogP contribution in [0.1, 0.15) is 22.5 Å². The van der Waals surface area contributed by atoms with E-state index >= 15 is 0 Å². The molecule has 35 heavy (non-hydrogen) atoms. The van der Waals surface area contributed by atoms with Gasteiger partial charge in [0.1, 0.15) is 18.9 Å². The van der Waals surface area contributed by atoms with Crippen LogP contribution in [0.25, 0.3) is 11.8 Å². The van der Waals surface area contributed by atoms with Crippen molar-refractivity contribution < 1.29 is 24.2 Å². The van der Waals surface area contributed by atoms with Crippen LogP contribution in [0.15, 0.2) is 53.4 Å². The van der Waals surface area contributed by atoms with Gasteiger partial charge in [-0.25, -0.2) is 0 Å². The van der Waals surface area contributed by atoms with Crippen LogP contribution in [0.5, 0.6) is 5.75 Å². The number of amides is 2. The van der Waals surface area contributed by atoms with Gasteiger partial charge in [0.2, 0.25) is 0 Å². The normalized spacial score (nSPS) is 14.7. The summed E-state index contributed by atoms with van der Waals surface area (Å²) in [7, 11) is 0. The van der Waals surface area contributed by atoms with Crippen LogP contribution < -0.4 is 4.74 Å². The lowest BCUT2D eigenvalue weighted by Gasteiger charge is -2.12. The van der Waals surface area contributed by atoms with Crippen molar-refractivity contribution in [1.29, 1.82) is 0 Å². The van der Waals surface area contributed by atoms with Gasteiger partial charge in [-0.05, 0) is 79.7 Å². The maximum absolute atomic E-state index is 12.5. The van der Waals surface area contributed by atoms with Gasteiger partial charge in [-0.2, -0.15) is 0 Å². The number of carbonyl (C=O) groups excluding carboxylic acids is 2. The zero-order valence-electron chi connectivity index (χ0n) is 18.7. The fourth-order valence-corrected chi connectivity index (χ4v) is 5.03. The summed E-state index contributed by atoms with van der Waals surface area (Å²) < 4.78 is 7.87. The molecular weight excluding hydrogens is 511 g/mol. The van der Waals surface area contributed by atoms with E-state index in [0.717, 1.165) is 44.9 Å². The van der Waals surface area contributed by atoms with Crippen molar-refractivity contribution in [3.63, 3.8) is 0 Å². The maximum Gasteiger partial charge on any atom is 0.323 e. The molecule has 0 aliphatic carbocycles. The summed E-state index contributed by atoms with van der Waals surface area (Å²) in [5.74, 6) is -1.17. The second-order valence-electron chi connectivity index (χ2n) is 7.84. The number of aryl methyl sites for hydroxylation is 1. The summed E-state index contributed by atoms with van der Waals surface area (Å²) in [6.07, 6.45) is 1.62. The molecule has 0 unspecified atom stereocenters. The number of benzene rings is 2. The number of rotatable bonds is 7. The number of carboxylic acids is 1. The third kappa shape index (κ3) is 5.40. The van der Waals surface area contributed by atoms with E-state index in [2.05, 4.69) is 0 Å². The summed E-state index contributed by atoms with van der Waals surface area (Å²) in [4.78, 5) is 36.4. The minimum Gasteiger partial charge on any atom is -0.489 e. The van der Waals surface area contributed by atoms with Gasteiger partial charge in [0.25, 0.3) is 11.1 Å². The Balaban J connectivity index is 1.52. The lowest BCUT2D eigenvalue weighted by molar-refractivity contribution is -0.140. The van der Waals surface area contributed by atoms with E-state index in [1.165, 1.54) is 0 Å². The molecule has 3 aromatic rings. The molecule has 0 atom stereocenters. The molecule has 0 bridgehead atoms. The first-order valence-electron chi connectivity index (χ1n) is 10.5. The van der Waals surface area contributed by atoms with Crippen molar-refractivity contribution in [2.24, 2.45) is 0 Å². The van der Waals surface area contributed by atoms with Crippen molar-refractivity contribution in [2.75, 3.05) is 6.54 Å². The second-order valence-corrected chi connectivity index (χ2v) is 9.68. The summed E-state index contributed by atoms with van der Waals surface area (Å²) in [5.41, 5.74) is 4.29. The highest BCUT2D eigenvalue weighted by Crippen LogP contribution is 2.34. The first kappa shape index (κ1) is 24.9. The van der Waals surface area contributed by atoms with E-state index in [1.54, 1.807) is 18.2 Å². The lowest BCUT2D eigenvalue weighted by Crippen LogP contribution is -2.33.